The third-order valence-corrected chi connectivity index (χ3v) is 3.77. The highest BCUT2D eigenvalue weighted by atomic mass is 16.3. The van der Waals surface area contributed by atoms with E-state index < -0.39 is 5.60 Å². The molecule has 2 N–H and O–H groups in total. The molecule has 0 bridgehead atoms. The van der Waals surface area contributed by atoms with Crippen molar-refractivity contribution in [3.63, 3.8) is 0 Å². The number of hydrogen-bond acceptors (Lipinski definition) is 4. The average molecular weight is 322 g/mol. The van der Waals surface area contributed by atoms with E-state index in [9.17, 15) is 9.90 Å². The molecule has 1 aromatic carbocycles. The monoisotopic (exact) mass is 322 g/mol. The number of aromatic nitrogens is 3. The molecule has 122 valence electrons. The minimum atomic E-state index is -1.14. The van der Waals surface area contributed by atoms with Crippen LogP contribution in [0.2, 0.25) is 0 Å². The first-order valence-electron chi connectivity index (χ1n) is 7.57. The molecule has 0 aliphatic heterocycles. The van der Waals surface area contributed by atoms with Crippen LogP contribution in [0.4, 0.5) is 0 Å². The van der Waals surface area contributed by atoms with Gasteiger partial charge in [0.25, 0.3) is 5.91 Å². The summed E-state index contributed by atoms with van der Waals surface area (Å²) in [5.74, 6) is 0.399. The smallest absolute Gasteiger partial charge is 0.252 e. The number of carbonyl (C=O) groups excluding carboxylic acids is 1. The van der Waals surface area contributed by atoms with Crippen molar-refractivity contribution in [2.45, 2.75) is 12.5 Å². The SMILES string of the molecule is CC(O)(CNC(=O)c1ccc(-n2ccnc2)nc1)c1ccccc1. The van der Waals surface area contributed by atoms with Gasteiger partial charge in [-0.25, -0.2) is 9.97 Å². The molecule has 1 atom stereocenters. The van der Waals surface area contributed by atoms with Crippen molar-refractivity contribution in [3.05, 3.63) is 78.5 Å². The van der Waals surface area contributed by atoms with Gasteiger partial charge in [0.2, 0.25) is 0 Å². The number of amides is 1. The highest BCUT2D eigenvalue weighted by molar-refractivity contribution is 5.94. The Morgan fingerprint density at radius 2 is 2.04 bits per heavy atom. The van der Waals surface area contributed by atoms with Crippen molar-refractivity contribution in [2.24, 2.45) is 0 Å². The highest BCUT2D eigenvalue weighted by Crippen LogP contribution is 2.19. The molecular weight excluding hydrogens is 304 g/mol. The van der Waals surface area contributed by atoms with Crippen molar-refractivity contribution in [2.75, 3.05) is 6.54 Å². The molecule has 3 rings (SSSR count). The van der Waals surface area contributed by atoms with Gasteiger partial charge in [0.1, 0.15) is 17.7 Å². The first-order chi connectivity index (χ1) is 11.6. The molecule has 2 aromatic heterocycles. The number of nitrogens with one attached hydrogen (secondary N) is 1. The van der Waals surface area contributed by atoms with Gasteiger partial charge in [-0.05, 0) is 24.6 Å². The molecule has 1 amide bonds. The van der Waals surface area contributed by atoms with E-state index in [1.165, 1.54) is 6.20 Å². The minimum Gasteiger partial charge on any atom is -0.384 e. The maximum Gasteiger partial charge on any atom is 0.252 e. The summed E-state index contributed by atoms with van der Waals surface area (Å²) in [6.45, 7) is 1.78. The maximum atomic E-state index is 12.2. The lowest BCUT2D eigenvalue weighted by Gasteiger charge is -2.24. The summed E-state index contributed by atoms with van der Waals surface area (Å²) in [5.41, 5.74) is 0.0442. The van der Waals surface area contributed by atoms with Crippen molar-refractivity contribution in [3.8, 4) is 5.82 Å². The summed E-state index contributed by atoms with van der Waals surface area (Å²) in [5, 5.41) is 13.3. The van der Waals surface area contributed by atoms with Gasteiger partial charge in [0.05, 0.1) is 12.1 Å². The number of carbonyl (C=O) groups is 1. The molecule has 0 fully saturated rings. The van der Waals surface area contributed by atoms with Gasteiger partial charge in [0, 0.05) is 18.6 Å². The van der Waals surface area contributed by atoms with Crippen LogP contribution in [0, 0.1) is 0 Å². The molecule has 6 nitrogen and oxygen atoms in total. The minimum absolute atomic E-state index is 0.110. The normalized spacial score (nSPS) is 13.2. The van der Waals surface area contributed by atoms with Crippen LogP contribution >= 0.6 is 0 Å². The molecule has 24 heavy (non-hydrogen) atoms. The van der Waals surface area contributed by atoms with Crippen molar-refractivity contribution >= 4 is 5.91 Å². The van der Waals surface area contributed by atoms with Gasteiger partial charge in [-0.15, -0.1) is 0 Å². The molecule has 0 radical (unpaired) electrons. The van der Waals surface area contributed by atoms with Gasteiger partial charge in [0.15, 0.2) is 0 Å². The van der Waals surface area contributed by atoms with Crippen LogP contribution in [-0.2, 0) is 5.60 Å². The van der Waals surface area contributed by atoms with E-state index in [1.807, 2.05) is 30.3 Å². The number of hydrogen-bond donors (Lipinski definition) is 2. The zero-order valence-corrected chi connectivity index (χ0v) is 13.3. The fourth-order valence-corrected chi connectivity index (χ4v) is 2.32. The van der Waals surface area contributed by atoms with Crippen LogP contribution in [0.5, 0.6) is 0 Å². The number of aliphatic hydroxyl groups is 1. The number of benzene rings is 1. The lowest BCUT2D eigenvalue weighted by Crippen LogP contribution is -2.38. The molecule has 3 aromatic rings. The van der Waals surface area contributed by atoms with Crippen molar-refractivity contribution in [1.29, 1.82) is 0 Å². The quantitative estimate of drug-likeness (QED) is 0.752. The first kappa shape index (κ1) is 15.9. The van der Waals surface area contributed by atoms with E-state index >= 15 is 0 Å². The lowest BCUT2D eigenvalue weighted by molar-refractivity contribution is 0.0526. The number of nitrogens with zero attached hydrogens (tertiary/aromatic N) is 3. The Labute approximate surface area is 139 Å². The second kappa shape index (κ2) is 6.64. The number of pyridine rings is 1. The Bertz CT molecular complexity index is 797. The number of imidazole rings is 1. The molecule has 2 heterocycles. The second-order valence-corrected chi connectivity index (χ2v) is 5.70. The topological polar surface area (TPSA) is 80.0 Å². The second-order valence-electron chi connectivity index (χ2n) is 5.70. The Morgan fingerprint density at radius 1 is 1.25 bits per heavy atom. The Morgan fingerprint density at radius 3 is 2.67 bits per heavy atom. The Kier molecular flexibility index (Phi) is 4.39. The third-order valence-electron chi connectivity index (χ3n) is 3.77. The van der Waals surface area contributed by atoms with E-state index in [2.05, 4.69) is 15.3 Å². The van der Waals surface area contributed by atoms with Gasteiger partial charge < -0.3 is 10.4 Å². The largest absolute Gasteiger partial charge is 0.384 e. The predicted octanol–water partition coefficient (Wildman–Crippen LogP) is 1.90. The Hall–Kier alpha value is -2.99. The van der Waals surface area contributed by atoms with Crippen LogP contribution in [0.25, 0.3) is 5.82 Å². The fraction of sp³-hybridized carbons (Fsp3) is 0.167. The van der Waals surface area contributed by atoms with Gasteiger partial charge in [-0.2, -0.15) is 0 Å². The molecule has 1 unspecified atom stereocenters. The lowest BCUT2D eigenvalue weighted by atomic mass is 9.96. The van der Waals surface area contributed by atoms with Gasteiger partial charge in [-0.3, -0.25) is 9.36 Å². The highest BCUT2D eigenvalue weighted by Gasteiger charge is 2.23. The Balaban J connectivity index is 1.65. The predicted molar refractivity (Wildman–Crippen MR) is 89.7 cm³/mol. The zero-order chi connectivity index (χ0) is 17.0. The van der Waals surface area contributed by atoms with E-state index in [1.54, 1.807) is 42.3 Å². The molecular formula is C18H18N4O2. The maximum absolute atomic E-state index is 12.2. The van der Waals surface area contributed by atoms with Crippen LogP contribution in [-0.4, -0.2) is 32.1 Å². The van der Waals surface area contributed by atoms with E-state index in [0.29, 0.717) is 11.4 Å². The van der Waals surface area contributed by atoms with Crippen molar-refractivity contribution in [1.82, 2.24) is 19.9 Å². The van der Waals surface area contributed by atoms with E-state index in [-0.39, 0.29) is 12.5 Å². The fourth-order valence-electron chi connectivity index (χ4n) is 2.32. The molecule has 0 aliphatic carbocycles. The molecule has 6 heteroatoms. The first-order valence-corrected chi connectivity index (χ1v) is 7.57. The van der Waals surface area contributed by atoms with Gasteiger partial charge >= 0.3 is 0 Å². The summed E-state index contributed by atoms with van der Waals surface area (Å²) < 4.78 is 1.75. The summed E-state index contributed by atoms with van der Waals surface area (Å²) in [7, 11) is 0. The van der Waals surface area contributed by atoms with Crippen molar-refractivity contribution < 1.29 is 9.90 Å². The van der Waals surface area contributed by atoms with Crippen LogP contribution in [0.1, 0.15) is 22.8 Å². The van der Waals surface area contributed by atoms with Crippen LogP contribution in [0.3, 0.4) is 0 Å². The summed E-state index contributed by atoms with van der Waals surface area (Å²) in [6, 6.07) is 12.7. The molecule has 0 saturated heterocycles. The van der Waals surface area contributed by atoms with Crippen LogP contribution in [0.15, 0.2) is 67.4 Å². The summed E-state index contributed by atoms with van der Waals surface area (Å²) in [4.78, 5) is 20.4. The van der Waals surface area contributed by atoms with Crippen LogP contribution < -0.4 is 5.32 Å². The molecule has 0 saturated carbocycles. The molecule has 0 spiro atoms. The average Bonchev–Trinajstić information content (AvgIpc) is 3.15. The zero-order valence-electron chi connectivity index (χ0n) is 13.3. The summed E-state index contributed by atoms with van der Waals surface area (Å²) in [6.07, 6.45) is 6.58. The molecule has 0 aliphatic rings. The third kappa shape index (κ3) is 3.49. The standard InChI is InChI=1S/C18H18N4O2/c1-18(24,15-5-3-2-4-6-15)12-21-17(23)14-7-8-16(20-11-14)22-10-9-19-13-22/h2-11,13,24H,12H2,1H3,(H,21,23). The van der Waals surface area contributed by atoms with E-state index in [4.69, 9.17) is 0 Å². The van der Waals surface area contributed by atoms with Gasteiger partial charge in [-0.1, -0.05) is 30.3 Å². The van der Waals surface area contributed by atoms with E-state index in [0.717, 1.165) is 5.56 Å². The summed E-state index contributed by atoms with van der Waals surface area (Å²) >= 11 is 0. The number of rotatable bonds is 5.